The summed E-state index contributed by atoms with van der Waals surface area (Å²) in [6, 6.07) is 11.4. The van der Waals surface area contributed by atoms with Gasteiger partial charge in [0, 0.05) is 51.0 Å². The molecule has 2 aliphatic rings. The quantitative estimate of drug-likeness (QED) is 0.597. The number of carbonyl (C=O) groups is 1. The van der Waals surface area contributed by atoms with Crippen molar-refractivity contribution in [3.05, 3.63) is 54.6 Å². The molecule has 0 aliphatic carbocycles. The van der Waals surface area contributed by atoms with Crippen molar-refractivity contribution in [3.63, 3.8) is 0 Å². The molecular formula is C25H37N5O. The lowest BCUT2D eigenvalue weighted by Crippen LogP contribution is -2.50. The maximum atomic E-state index is 12.5. The van der Waals surface area contributed by atoms with Crippen LogP contribution in [0.2, 0.25) is 0 Å². The van der Waals surface area contributed by atoms with Crippen LogP contribution in [0.4, 0.5) is 0 Å². The van der Waals surface area contributed by atoms with E-state index >= 15 is 0 Å². The van der Waals surface area contributed by atoms with Crippen LogP contribution in [0.3, 0.4) is 0 Å². The number of hydrogen-bond acceptors (Lipinski definition) is 4. The van der Waals surface area contributed by atoms with Gasteiger partial charge in [-0.1, -0.05) is 30.3 Å². The fourth-order valence-corrected chi connectivity index (χ4v) is 5.23. The standard InChI is InChI=1S/C25H37N5O/c31-25(27-12-6-14-28-18-13-26-21-28)10-9-23-20-29(19-22-7-2-1-3-8-22)17-11-24(23)30-15-4-5-16-30/h1-3,7-8,13,18,21,23-24H,4-6,9-12,14-17,19-20H2,(H,27,31)/t23-,24+/m1/s1. The molecule has 0 radical (unpaired) electrons. The SMILES string of the molecule is O=C(CC[C@@H]1CN(Cc2ccccc2)CC[C@@H]1N1CCCC1)NCCCn1ccnc1. The van der Waals surface area contributed by atoms with E-state index in [1.54, 1.807) is 6.20 Å². The van der Waals surface area contributed by atoms with Gasteiger partial charge in [-0.15, -0.1) is 0 Å². The van der Waals surface area contributed by atoms with Crippen LogP contribution in [0.25, 0.3) is 0 Å². The zero-order valence-electron chi connectivity index (χ0n) is 18.7. The number of aromatic nitrogens is 2. The first-order valence-electron chi connectivity index (χ1n) is 12.0. The molecule has 2 fully saturated rings. The Morgan fingerprint density at radius 3 is 2.74 bits per heavy atom. The maximum absolute atomic E-state index is 12.5. The summed E-state index contributed by atoms with van der Waals surface area (Å²) in [7, 11) is 0. The van der Waals surface area contributed by atoms with Crippen molar-refractivity contribution in [2.45, 2.75) is 57.7 Å². The molecule has 1 N–H and O–H groups in total. The Bertz CT molecular complexity index is 772. The van der Waals surface area contributed by atoms with E-state index < -0.39 is 0 Å². The van der Waals surface area contributed by atoms with Crippen LogP contribution in [0, 0.1) is 5.92 Å². The molecular weight excluding hydrogens is 386 g/mol. The Hall–Kier alpha value is -2.18. The largest absolute Gasteiger partial charge is 0.356 e. The molecule has 1 aromatic heterocycles. The van der Waals surface area contributed by atoms with E-state index in [1.165, 1.54) is 37.9 Å². The predicted molar refractivity (Wildman–Crippen MR) is 124 cm³/mol. The van der Waals surface area contributed by atoms with E-state index in [9.17, 15) is 4.79 Å². The van der Waals surface area contributed by atoms with E-state index in [1.807, 2.05) is 12.5 Å². The molecule has 0 unspecified atom stereocenters. The molecule has 0 spiro atoms. The molecule has 0 bridgehead atoms. The number of piperidine rings is 1. The Morgan fingerprint density at radius 2 is 1.97 bits per heavy atom. The summed E-state index contributed by atoms with van der Waals surface area (Å²) < 4.78 is 2.05. The number of rotatable bonds is 10. The lowest BCUT2D eigenvalue weighted by Gasteiger charge is -2.43. The topological polar surface area (TPSA) is 53.4 Å². The number of amides is 1. The second-order valence-corrected chi connectivity index (χ2v) is 9.12. The molecule has 168 valence electrons. The molecule has 3 heterocycles. The van der Waals surface area contributed by atoms with E-state index in [0.717, 1.165) is 45.6 Å². The van der Waals surface area contributed by atoms with Gasteiger partial charge in [0.25, 0.3) is 0 Å². The van der Waals surface area contributed by atoms with Crippen molar-refractivity contribution in [2.24, 2.45) is 5.92 Å². The third-order valence-electron chi connectivity index (χ3n) is 6.85. The minimum atomic E-state index is 0.200. The van der Waals surface area contributed by atoms with Crippen LogP contribution in [0.1, 0.15) is 44.1 Å². The third kappa shape index (κ3) is 6.65. The fraction of sp³-hybridized carbons (Fsp3) is 0.600. The summed E-state index contributed by atoms with van der Waals surface area (Å²) in [5.74, 6) is 0.776. The average Bonchev–Trinajstić information content (AvgIpc) is 3.51. The Morgan fingerprint density at radius 1 is 1.13 bits per heavy atom. The van der Waals surface area contributed by atoms with Crippen molar-refractivity contribution in [2.75, 3.05) is 32.7 Å². The highest BCUT2D eigenvalue weighted by Crippen LogP contribution is 2.29. The number of hydrogen-bond donors (Lipinski definition) is 1. The first-order chi connectivity index (χ1) is 15.3. The van der Waals surface area contributed by atoms with E-state index in [0.29, 0.717) is 18.4 Å². The minimum absolute atomic E-state index is 0.200. The summed E-state index contributed by atoms with van der Waals surface area (Å²) in [6.45, 7) is 7.38. The lowest BCUT2D eigenvalue weighted by molar-refractivity contribution is -0.121. The highest BCUT2D eigenvalue weighted by atomic mass is 16.1. The monoisotopic (exact) mass is 423 g/mol. The van der Waals surface area contributed by atoms with Gasteiger partial charge in [-0.3, -0.25) is 9.69 Å². The molecule has 2 aromatic rings. The predicted octanol–water partition coefficient (Wildman–Crippen LogP) is 3.16. The molecule has 2 aliphatic heterocycles. The van der Waals surface area contributed by atoms with E-state index in [4.69, 9.17) is 0 Å². The summed E-state index contributed by atoms with van der Waals surface area (Å²) in [6.07, 6.45) is 12.0. The van der Waals surface area contributed by atoms with Crippen LogP contribution in [-0.2, 0) is 17.9 Å². The molecule has 1 amide bonds. The van der Waals surface area contributed by atoms with Gasteiger partial charge in [-0.25, -0.2) is 4.98 Å². The van der Waals surface area contributed by atoms with Crippen molar-refractivity contribution >= 4 is 5.91 Å². The average molecular weight is 424 g/mol. The van der Waals surface area contributed by atoms with Crippen LogP contribution < -0.4 is 5.32 Å². The summed E-state index contributed by atoms with van der Waals surface area (Å²) in [5, 5.41) is 3.12. The van der Waals surface area contributed by atoms with Gasteiger partial charge in [-0.2, -0.15) is 0 Å². The van der Waals surface area contributed by atoms with Crippen LogP contribution in [-0.4, -0.2) is 64.0 Å². The van der Waals surface area contributed by atoms with Crippen LogP contribution >= 0.6 is 0 Å². The molecule has 2 atom stereocenters. The number of carbonyl (C=O) groups excluding carboxylic acids is 1. The van der Waals surface area contributed by atoms with Gasteiger partial charge in [0.2, 0.25) is 5.91 Å². The Kier molecular flexibility index (Phi) is 8.13. The maximum Gasteiger partial charge on any atom is 0.220 e. The van der Waals surface area contributed by atoms with Crippen molar-refractivity contribution in [1.82, 2.24) is 24.7 Å². The summed E-state index contributed by atoms with van der Waals surface area (Å²) >= 11 is 0. The molecule has 2 saturated heterocycles. The van der Waals surface area contributed by atoms with Gasteiger partial charge >= 0.3 is 0 Å². The van der Waals surface area contributed by atoms with E-state index in [-0.39, 0.29) is 5.91 Å². The normalized spacial score (nSPS) is 22.6. The van der Waals surface area contributed by atoms with Crippen LogP contribution in [0.15, 0.2) is 49.1 Å². The van der Waals surface area contributed by atoms with Gasteiger partial charge in [0.1, 0.15) is 0 Å². The smallest absolute Gasteiger partial charge is 0.220 e. The molecule has 0 saturated carbocycles. The number of likely N-dealkylation sites (tertiary alicyclic amines) is 2. The van der Waals surface area contributed by atoms with Gasteiger partial charge in [0.05, 0.1) is 6.33 Å². The Labute approximate surface area is 186 Å². The molecule has 6 heteroatoms. The first kappa shape index (κ1) is 22.0. The summed E-state index contributed by atoms with van der Waals surface area (Å²) in [5.41, 5.74) is 1.39. The molecule has 1 aromatic carbocycles. The van der Waals surface area contributed by atoms with Crippen molar-refractivity contribution in [1.29, 1.82) is 0 Å². The second-order valence-electron chi connectivity index (χ2n) is 9.12. The Balaban J connectivity index is 1.25. The van der Waals surface area contributed by atoms with Crippen molar-refractivity contribution in [3.8, 4) is 0 Å². The fourth-order valence-electron chi connectivity index (χ4n) is 5.23. The number of aryl methyl sites for hydroxylation is 1. The zero-order valence-corrected chi connectivity index (χ0v) is 18.7. The zero-order chi connectivity index (χ0) is 21.3. The molecule has 31 heavy (non-hydrogen) atoms. The van der Waals surface area contributed by atoms with Gasteiger partial charge in [-0.05, 0) is 63.2 Å². The number of nitrogens with one attached hydrogen (secondary N) is 1. The summed E-state index contributed by atoms with van der Waals surface area (Å²) in [4.78, 5) is 21.8. The lowest BCUT2D eigenvalue weighted by atomic mass is 9.86. The number of nitrogens with zero attached hydrogens (tertiary/aromatic N) is 4. The van der Waals surface area contributed by atoms with Gasteiger partial charge in [0.15, 0.2) is 0 Å². The van der Waals surface area contributed by atoms with Crippen LogP contribution in [0.5, 0.6) is 0 Å². The van der Waals surface area contributed by atoms with Gasteiger partial charge < -0.3 is 14.8 Å². The first-order valence-corrected chi connectivity index (χ1v) is 12.0. The van der Waals surface area contributed by atoms with Crippen molar-refractivity contribution < 1.29 is 4.79 Å². The number of imidazole rings is 1. The minimum Gasteiger partial charge on any atom is -0.356 e. The third-order valence-corrected chi connectivity index (χ3v) is 6.85. The second kappa shape index (κ2) is 11.4. The number of benzene rings is 1. The molecule has 4 rings (SSSR count). The molecule has 6 nitrogen and oxygen atoms in total. The highest BCUT2D eigenvalue weighted by Gasteiger charge is 2.34. The van der Waals surface area contributed by atoms with E-state index in [2.05, 4.69) is 55.0 Å². The highest BCUT2D eigenvalue weighted by molar-refractivity contribution is 5.75.